The molecule has 0 aliphatic carbocycles. The van der Waals surface area contributed by atoms with E-state index in [0.717, 1.165) is 5.56 Å². The molecular formula is C15H22N2O3. The zero-order chi connectivity index (χ0) is 15.0. The van der Waals surface area contributed by atoms with Crippen LogP contribution in [0.3, 0.4) is 0 Å². The van der Waals surface area contributed by atoms with E-state index in [0.29, 0.717) is 12.8 Å². The van der Waals surface area contributed by atoms with Gasteiger partial charge in [-0.3, -0.25) is 4.79 Å². The Hall–Kier alpha value is -2.04. The summed E-state index contributed by atoms with van der Waals surface area (Å²) in [5.74, 6) is -0.806. The lowest BCUT2D eigenvalue weighted by atomic mass is 10.1. The van der Waals surface area contributed by atoms with Crippen LogP contribution in [0.1, 0.15) is 44.7 Å². The first-order valence-electron chi connectivity index (χ1n) is 6.83. The number of benzene rings is 1. The lowest BCUT2D eigenvalue weighted by Crippen LogP contribution is -2.41. The van der Waals surface area contributed by atoms with Gasteiger partial charge in [-0.05, 0) is 32.3 Å². The third-order valence-electron chi connectivity index (χ3n) is 3.05. The van der Waals surface area contributed by atoms with Gasteiger partial charge in [0.25, 0.3) is 0 Å². The number of carbonyl (C=O) groups excluding carboxylic acids is 1. The summed E-state index contributed by atoms with van der Waals surface area (Å²) in [5, 5.41) is 14.2. The second-order valence-electron chi connectivity index (χ2n) is 4.94. The molecule has 0 spiro atoms. The van der Waals surface area contributed by atoms with Crippen molar-refractivity contribution < 1.29 is 14.7 Å². The van der Waals surface area contributed by atoms with Gasteiger partial charge in [0.1, 0.15) is 0 Å². The third kappa shape index (κ3) is 6.22. The molecule has 2 atom stereocenters. The van der Waals surface area contributed by atoms with Crippen LogP contribution in [0.5, 0.6) is 0 Å². The van der Waals surface area contributed by atoms with Crippen molar-refractivity contribution in [1.29, 1.82) is 0 Å². The topological polar surface area (TPSA) is 78.4 Å². The number of carboxylic acids is 1. The molecule has 20 heavy (non-hydrogen) atoms. The van der Waals surface area contributed by atoms with Gasteiger partial charge in [0.15, 0.2) is 0 Å². The molecule has 2 unspecified atom stereocenters. The molecule has 0 aliphatic heterocycles. The lowest BCUT2D eigenvalue weighted by molar-refractivity contribution is -0.137. The third-order valence-corrected chi connectivity index (χ3v) is 3.05. The number of hydrogen-bond acceptors (Lipinski definition) is 2. The molecule has 0 saturated carbocycles. The van der Waals surface area contributed by atoms with Crippen LogP contribution in [0.4, 0.5) is 4.79 Å². The van der Waals surface area contributed by atoms with E-state index in [1.807, 2.05) is 44.2 Å². The van der Waals surface area contributed by atoms with Crippen molar-refractivity contribution in [3.05, 3.63) is 35.9 Å². The summed E-state index contributed by atoms with van der Waals surface area (Å²) in [5.41, 5.74) is 1.04. The van der Waals surface area contributed by atoms with Crippen molar-refractivity contribution in [1.82, 2.24) is 10.6 Å². The first-order chi connectivity index (χ1) is 9.49. The molecule has 0 saturated heterocycles. The molecule has 5 heteroatoms. The molecule has 1 aromatic carbocycles. The minimum Gasteiger partial charge on any atom is -0.481 e. The highest BCUT2D eigenvalue weighted by Gasteiger charge is 2.11. The summed E-state index contributed by atoms with van der Waals surface area (Å²) in [7, 11) is 0. The van der Waals surface area contributed by atoms with Crippen molar-refractivity contribution >= 4 is 12.0 Å². The number of urea groups is 1. The molecule has 0 heterocycles. The molecule has 0 aliphatic rings. The Morgan fingerprint density at radius 1 is 1.15 bits per heavy atom. The molecule has 5 nitrogen and oxygen atoms in total. The van der Waals surface area contributed by atoms with Crippen LogP contribution < -0.4 is 10.6 Å². The second kappa shape index (κ2) is 8.19. The SMILES string of the molecule is CC(CCCC(=O)O)NC(=O)NC(C)c1ccccc1. The van der Waals surface area contributed by atoms with Gasteiger partial charge in [-0.25, -0.2) is 4.79 Å². The van der Waals surface area contributed by atoms with E-state index in [1.165, 1.54) is 0 Å². The quantitative estimate of drug-likeness (QED) is 0.717. The smallest absolute Gasteiger partial charge is 0.315 e. The molecule has 0 fully saturated rings. The van der Waals surface area contributed by atoms with Crippen LogP contribution >= 0.6 is 0 Å². The number of amides is 2. The molecule has 1 rings (SSSR count). The number of hydrogen-bond donors (Lipinski definition) is 3. The summed E-state index contributed by atoms with van der Waals surface area (Å²) in [6.45, 7) is 3.79. The average molecular weight is 278 g/mol. The van der Waals surface area contributed by atoms with Crippen LogP contribution in [0.15, 0.2) is 30.3 Å². The summed E-state index contributed by atoms with van der Waals surface area (Å²) in [4.78, 5) is 22.2. The zero-order valence-corrected chi connectivity index (χ0v) is 11.9. The Labute approximate surface area is 119 Å². The fourth-order valence-corrected chi connectivity index (χ4v) is 1.92. The Kier molecular flexibility index (Phi) is 6.56. The fraction of sp³-hybridized carbons (Fsp3) is 0.467. The van der Waals surface area contributed by atoms with Gasteiger partial charge in [-0.1, -0.05) is 30.3 Å². The number of nitrogens with one attached hydrogen (secondary N) is 2. The summed E-state index contributed by atoms with van der Waals surface area (Å²) in [6, 6.07) is 9.37. The highest BCUT2D eigenvalue weighted by Crippen LogP contribution is 2.10. The van der Waals surface area contributed by atoms with E-state index in [2.05, 4.69) is 10.6 Å². The number of carboxylic acid groups (broad SMARTS) is 1. The van der Waals surface area contributed by atoms with Crippen molar-refractivity contribution in [2.45, 2.75) is 45.2 Å². The fourth-order valence-electron chi connectivity index (χ4n) is 1.92. The number of rotatable bonds is 7. The second-order valence-corrected chi connectivity index (χ2v) is 4.94. The minimum atomic E-state index is -0.806. The average Bonchev–Trinajstić information content (AvgIpc) is 2.38. The molecular weight excluding hydrogens is 256 g/mol. The van der Waals surface area contributed by atoms with E-state index in [-0.39, 0.29) is 24.5 Å². The minimum absolute atomic E-state index is 0.0441. The van der Waals surface area contributed by atoms with Crippen LogP contribution in [-0.2, 0) is 4.79 Å². The predicted molar refractivity (Wildman–Crippen MR) is 77.5 cm³/mol. The van der Waals surface area contributed by atoms with Gasteiger partial charge in [0.05, 0.1) is 6.04 Å². The van der Waals surface area contributed by atoms with Crippen LogP contribution in [0.2, 0.25) is 0 Å². The standard InChI is InChI=1S/C15H22N2O3/c1-11(7-6-10-14(18)19)16-15(20)17-12(2)13-8-4-3-5-9-13/h3-5,8-9,11-12H,6-7,10H2,1-2H3,(H,18,19)(H2,16,17,20). The van der Waals surface area contributed by atoms with E-state index < -0.39 is 5.97 Å². The lowest BCUT2D eigenvalue weighted by Gasteiger charge is -2.18. The highest BCUT2D eigenvalue weighted by atomic mass is 16.4. The normalized spacial score (nSPS) is 13.3. The molecule has 3 N–H and O–H groups in total. The van der Waals surface area contributed by atoms with E-state index in [4.69, 9.17) is 5.11 Å². The van der Waals surface area contributed by atoms with Crippen LogP contribution in [-0.4, -0.2) is 23.1 Å². The largest absolute Gasteiger partial charge is 0.481 e. The first-order valence-corrected chi connectivity index (χ1v) is 6.83. The van der Waals surface area contributed by atoms with Gasteiger partial charge in [-0.2, -0.15) is 0 Å². The van der Waals surface area contributed by atoms with E-state index in [9.17, 15) is 9.59 Å². The van der Waals surface area contributed by atoms with Gasteiger partial charge in [-0.15, -0.1) is 0 Å². The maximum Gasteiger partial charge on any atom is 0.315 e. The van der Waals surface area contributed by atoms with Gasteiger partial charge in [0.2, 0.25) is 0 Å². The van der Waals surface area contributed by atoms with Gasteiger partial charge >= 0.3 is 12.0 Å². The molecule has 0 bridgehead atoms. The van der Waals surface area contributed by atoms with Crippen LogP contribution in [0, 0.1) is 0 Å². The van der Waals surface area contributed by atoms with Crippen LogP contribution in [0.25, 0.3) is 0 Å². The van der Waals surface area contributed by atoms with E-state index >= 15 is 0 Å². The summed E-state index contributed by atoms with van der Waals surface area (Å²) < 4.78 is 0. The number of carbonyl (C=O) groups is 2. The monoisotopic (exact) mass is 278 g/mol. The Balaban J connectivity index is 2.30. The molecule has 0 radical (unpaired) electrons. The molecule has 1 aromatic rings. The Morgan fingerprint density at radius 2 is 1.80 bits per heavy atom. The van der Waals surface area contributed by atoms with Crippen molar-refractivity contribution in [2.75, 3.05) is 0 Å². The highest BCUT2D eigenvalue weighted by molar-refractivity contribution is 5.74. The Bertz CT molecular complexity index is 434. The maximum absolute atomic E-state index is 11.8. The van der Waals surface area contributed by atoms with E-state index in [1.54, 1.807) is 0 Å². The summed E-state index contributed by atoms with van der Waals surface area (Å²) >= 11 is 0. The van der Waals surface area contributed by atoms with Crippen molar-refractivity contribution in [3.8, 4) is 0 Å². The first kappa shape index (κ1) is 16.0. The van der Waals surface area contributed by atoms with Gasteiger partial charge < -0.3 is 15.7 Å². The maximum atomic E-state index is 11.8. The zero-order valence-electron chi connectivity index (χ0n) is 11.9. The predicted octanol–water partition coefficient (Wildman–Crippen LogP) is 2.69. The van der Waals surface area contributed by atoms with Crippen molar-refractivity contribution in [3.63, 3.8) is 0 Å². The van der Waals surface area contributed by atoms with Crippen molar-refractivity contribution in [2.24, 2.45) is 0 Å². The summed E-state index contributed by atoms with van der Waals surface area (Å²) in [6.07, 6.45) is 1.35. The molecule has 110 valence electrons. The number of aliphatic carboxylic acids is 1. The Morgan fingerprint density at radius 3 is 2.40 bits per heavy atom. The molecule has 0 aromatic heterocycles. The molecule has 2 amide bonds. The van der Waals surface area contributed by atoms with Gasteiger partial charge in [0, 0.05) is 12.5 Å².